The average molecular weight is 242 g/mol. The summed E-state index contributed by atoms with van der Waals surface area (Å²) >= 11 is 0. The van der Waals surface area contributed by atoms with Crippen LogP contribution in [0.15, 0.2) is 18.2 Å². The van der Waals surface area contributed by atoms with Crippen LogP contribution in [-0.2, 0) is 4.79 Å². The third-order valence-electron chi connectivity index (χ3n) is 2.42. The molecule has 0 amide bonds. The summed E-state index contributed by atoms with van der Waals surface area (Å²) < 4.78 is 23.6. The minimum absolute atomic E-state index is 0.143. The lowest BCUT2D eigenvalue weighted by atomic mass is 10.0. The molecular formula is C11H11FO5. The maximum absolute atomic E-state index is 13.1. The molecule has 0 bridgehead atoms. The van der Waals surface area contributed by atoms with Gasteiger partial charge in [0.15, 0.2) is 11.5 Å². The molecule has 2 N–H and O–H groups in total. The predicted molar refractivity (Wildman–Crippen MR) is 54.9 cm³/mol. The van der Waals surface area contributed by atoms with Crippen LogP contribution in [0, 0.1) is 0 Å². The van der Waals surface area contributed by atoms with E-state index in [4.69, 9.17) is 14.6 Å². The van der Waals surface area contributed by atoms with Gasteiger partial charge in [0, 0.05) is 0 Å². The highest BCUT2D eigenvalue weighted by atomic mass is 19.1. The van der Waals surface area contributed by atoms with Gasteiger partial charge in [0.05, 0.1) is 0 Å². The number of fused-ring (bicyclic) bond motifs is 1. The molecule has 1 aromatic rings. The molecule has 0 spiro atoms. The lowest BCUT2D eigenvalue weighted by molar-refractivity contribution is -0.147. The summed E-state index contributed by atoms with van der Waals surface area (Å²) in [6.07, 6.45) is -4.08. The van der Waals surface area contributed by atoms with Gasteiger partial charge in [0.2, 0.25) is 6.17 Å². The normalized spacial score (nSPS) is 17.3. The van der Waals surface area contributed by atoms with E-state index in [2.05, 4.69) is 0 Å². The average Bonchev–Trinajstić information content (AvgIpc) is 2.36. The number of halogens is 1. The van der Waals surface area contributed by atoms with Crippen LogP contribution in [0.1, 0.15) is 11.7 Å². The first-order valence-electron chi connectivity index (χ1n) is 5.04. The van der Waals surface area contributed by atoms with Crippen molar-refractivity contribution in [3.63, 3.8) is 0 Å². The van der Waals surface area contributed by atoms with Gasteiger partial charge in [0.25, 0.3) is 0 Å². The predicted octanol–water partition coefficient (Wildman–Crippen LogP) is 0.914. The molecule has 92 valence electrons. The first-order chi connectivity index (χ1) is 8.09. The number of aliphatic hydroxyl groups is 1. The van der Waals surface area contributed by atoms with E-state index in [-0.39, 0.29) is 5.56 Å². The molecule has 1 aromatic carbocycles. The van der Waals surface area contributed by atoms with Crippen LogP contribution in [0.4, 0.5) is 4.39 Å². The van der Waals surface area contributed by atoms with Crippen molar-refractivity contribution < 1.29 is 28.9 Å². The van der Waals surface area contributed by atoms with Crippen LogP contribution in [0.25, 0.3) is 0 Å². The molecule has 2 atom stereocenters. The van der Waals surface area contributed by atoms with Crippen molar-refractivity contribution in [2.75, 3.05) is 13.2 Å². The van der Waals surface area contributed by atoms with E-state index < -0.39 is 18.2 Å². The zero-order valence-electron chi connectivity index (χ0n) is 8.80. The third kappa shape index (κ3) is 2.31. The molecule has 2 rings (SSSR count). The molecule has 0 aromatic heterocycles. The first-order valence-corrected chi connectivity index (χ1v) is 5.04. The highest BCUT2D eigenvalue weighted by Crippen LogP contribution is 2.33. The Kier molecular flexibility index (Phi) is 3.14. The summed E-state index contributed by atoms with van der Waals surface area (Å²) in [5.41, 5.74) is 0.143. The van der Waals surface area contributed by atoms with Crippen molar-refractivity contribution in [3.8, 4) is 11.5 Å². The second-order valence-corrected chi connectivity index (χ2v) is 3.59. The van der Waals surface area contributed by atoms with E-state index in [1.54, 1.807) is 0 Å². The zero-order valence-corrected chi connectivity index (χ0v) is 8.80. The fourth-order valence-electron chi connectivity index (χ4n) is 1.55. The van der Waals surface area contributed by atoms with Crippen LogP contribution in [-0.4, -0.2) is 35.6 Å². The monoisotopic (exact) mass is 242 g/mol. The van der Waals surface area contributed by atoms with E-state index in [1.807, 2.05) is 0 Å². The lowest BCUT2D eigenvalue weighted by Crippen LogP contribution is -2.23. The Bertz CT molecular complexity index is 434. The minimum atomic E-state index is -2.36. The van der Waals surface area contributed by atoms with Crippen LogP contribution in [0.2, 0.25) is 0 Å². The van der Waals surface area contributed by atoms with Crippen molar-refractivity contribution in [2.45, 2.75) is 12.3 Å². The number of hydrogen-bond acceptors (Lipinski definition) is 4. The molecule has 0 fully saturated rings. The molecular weight excluding hydrogens is 231 g/mol. The summed E-state index contributed by atoms with van der Waals surface area (Å²) in [7, 11) is 0. The summed E-state index contributed by atoms with van der Waals surface area (Å²) in [5, 5.41) is 18.0. The Hall–Kier alpha value is -1.82. The Morgan fingerprint density at radius 3 is 2.59 bits per heavy atom. The fourth-order valence-corrected chi connectivity index (χ4v) is 1.55. The van der Waals surface area contributed by atoms with Crippen molar-refractivity contribution >= 4 is 5.97 Å². The second-order valence-electron chi connectivity index (χ2n) is 3.59. The molecule has 17 heavy (non-hydrogen) atoms. The van der Waals surface area contributed by atoms with Gasteiger partial charge in [0.1, 0.15) is 19.3 Å². The van der Waals surface area contributed by atoms with Gasteiger partial charge in [-0.3, -0.25) is 0 Å². The first kappa shape index (κ1) is 11.7. The number of carboxylic acids is 1. The summed E-state index contributed by atoms with van der Waals surface area (Å²) in [5.74, 6) is -0.823. The molecule has 0 saturated carbocycles. The number of ether oxygens (including phenoxy) is 2. The number of benzene rings is 1. The molecule has 0 radical (unpaired) electrons. The maximum atomic E-state index is 13.1. The fraction of sp³-hybridized carbons (Fsp3) is 0.364. The molecule has 0 saturated heterocycles. The second kappa shape index (κ2) is 4.58. The number of aliphatic carboxylic acids is 1. The summed E-state index contributed by atoms with van der Waals surface area (Å²) in [6, 6.07) is 4.31. The van der Waals surface area contributed by atoms with Gasteiger partial charge in [-0.05, 0) is 17.7 Å². The van der Waals surface area contributed by atoms with E-state index in [0.717, 1.165) is 0 Å². The molecule has 1 aliphatic rings. The Morgan fingerprint density at radius 1 is 1.29 bits per heavy atom. The van der Waals surface area contributed by atoms with Crippen molar-refractivity contribution in [1.29, 1.82) is 0 Å². The standard InChI is InChI=1S/C11H11FO5/c12-9(11(14)15)10(13)6-1-2-7-8(5-6)17-4-3-16-7/h1-2,5,9-10,13H,3-4H2,(H,14,15). The number of hydrogen-bond donors (Lipinski definition) is 2. The van der Waals surface area contributed by atoms with Crippen molar-refractivity contribution in [2.24, 2.45) is 0 Å². The highest BCUT2D eigenvalue weighted by molar-refractivity contribution is 5.73. The van der Waals surface area contributed by atoms with Gasteiger partial charge in [-0.25, -0.2) is 9.18 Å². The smallest absolute Gasteiger partial charge is 0.341 e. The van der Waals surface area contributed by atoms with Crippen molar-refractivity contribution in [1.82, 2.24) is 0 Å². The molecule has 6 heteroatoms. The van der Waals surface area contributed by atoms with Gasteiger partial charge >= 0.3 is 5.97 Å². The number of alkyl halides is 1. The number of aliphatic hydroxyl groups excluding tert-OH is 1. The van der Waals surface area contributed by atoms with Gasteiger partial charge < -0.3 is 19.7 Å². The summed E-state index contributed by atoms with van der Waals surface area (Å²) in [6.45, 7) is 0.792. The van der Waals surface area contributed by atoms with E-state index in [9.17, 15) is 14.3 Å². The third-order valence-corrected chi connectivity index (χ3v) is 2.42. The highest BCUT2D eigenvalue weighted by Gasteiger charge is 2.28. The Labute approximate surface area is 96.4 Å². The molecule has 5 nitrogen and oxygen atoms in total. The summed E-state index contributed by atoms with van der Waals surface area (Å²) in [4.78, 5) is 10.4. The number of rotatable bonds is 3. The van der Waals surface area contributed by atoms with Crippen molar-refractivity contribution in [3.05, 3.63) is 23.8 Å². The van der Waals surface area contributed by atoms with Crippen LogP contribution < -0.4 is 9.47 Å². The zero-order chi connectivity index (χ0) is 12.4. The Balaban J connectivity index is 2.24. The molecule has 0 aliphatic carbocycles. The van der Waals surface area contributed by atoms with E-state index >= 15 is 0 Å². The Morgan fingerprint density at radius 2 is 1.94 bits per heavy atom. The van der Waals surface area contributed by atoms with Gasteiger partial charge in [-0.1, -0.05) is 6.07 Å². The van der Waals surface area contributed by atoms with Crippen LogP contribution >= 0.6 is 0 Å². The quantitative estimate of drug-likeness (QED) is 0.824. The minimum Gasteiger partial charge on any atom is -0.486 e. The topological polar surface area (TPSA) is 76.0 Å². The molecule has 2 unspecified atom stereocenters. The number of carboxylic acid groups (broad SMARTS) is 1. The van der Waals surface area contributed by atoms with Gasteiger partial charge in [-0.15, -0.1) is 0 Å². The largest absolute Gasteiger partial charge is 0.486 e. The molecule has 1 heterocycles. The van der Waals surface area contributed by atoms with Crippen LogP contribution in [0.3, 0.4) is 0 Å². The van der Waals surface area contributed by atoms with Gasteiger partial charge in [-0.2, -0.15) is 0 Å². The maximum Gasteiger partial charge on any atom is 0.341 e. The molecule has 1 aliphatic heterocycles. The van der Waals surface area contributed by atoms with E-state index in [1.165, 1.54) is 18.2 Å². The van der Waals surface area contributed by atoms with Crippen LogP contribution in [0.5, 0.6) is 11.5 Å². The SMILES string of the molecule is O=C(O)C(F)C(O)c1ccc2c(c1)OCCO2. The lowest BCUT2D eigenvalue weighted by Gasteiger charge is -2.20. The van der Waals surface area contributed by atoms with E-state index in [0.29, 0.717) is 24.7 Å². The number of carbonyl (C=O) groups is 1.